The average molecular weight is 348 g/mol. The summed E-state index contributed by atoms with van der Waals surface area (Å²) in [4.78, 5) is 24.1. The molecule has 0 aliphatic rings. The molecular formula is C18H18ClNO4. The van der Waals surface area contributed by atoms with Crippen LogP contribution in [0.3, 0.4) is 0 Å². The first kappa shape index (κ1) is 17.8. The number of ether oxygens (including phenoxy) is 2. The summed E-state index contributed by atoms with van der Waals surface area (Å²) in [6.45, 7) is 3.97. The third-order valence-electron chi connectivity index (χ3n) is 3.15. The molecule has 126 valence electrons. The van der Waals surface area contributed by atoms with Crippen LogP contribution in [0.2, 0.25) is 5.02 Å². The van der Waals surface area contributed by atoms with Gasteiger partial charge in [-0.15, -0.1) is 0 Å². The van der Waals surface area contributed by atoms with Crippen LogP contribution >= 0.6 is 11.6 Å². The van der Waals surface area contributed by atoms with Crippen LogP contribution in [-0.4, -0.2) is 24.6 Å². The Morgan fingerprint density at radius 2 is 1.88 bits per heavy atom. The lowest BCUT2D eigenvalue weighted by molar-refractivity contribution is -0.123. The largest absolute Gasteiger partial charge is 0.494 e. The van der Waals surface area contributed by atoms with Crippen LogP contribution in [0.1, 0.15) is 24.2 Å². The molecule has 0 unspecified atom stereocenters. The van der Waals surface area contributed by atoms with Crippen LogP contribution in [-0.2, 0) is 9.53 Å². The summed E-state index contributed by atoms with van der Waals surface area (Å²) in [5, 5.41) is 3.11. The number of rotatable bonds is 6. The molecule has 1 atom stereocenters. The number of amides is 1. The van der Waals surface area contributed by atoms with Gasteiger partial charge in [0, 0.05) is 10.7 Å². The van der Waals surface area contributed by atoms with Crippen LogP contribution in [0.15, 0.2) is 48.5 Å². The second-order valence-electron chi connectivity index (χ2n) is 5.00. The molecule has 2 aromatic carbocycles. The smallest absolute Gasteiger partial charge is 0.338 e. The number of nitrogens with one attached hydrogen (secondary N) is 1. The SMILES string of the molecule is CCOc1ccc(NC(=O)[C@@H](C)OC(=O)c2cccc(Cl)c2)cc1. The number of benzene rings is 2. The molecule has 0 radical (unpaired) electrons. The molecule has 2 aromatic rings. The molecule has 0 aliphatic carbocycles. The number of esters is 1. The molecule has 24 heavy (non-hydrogen) atoms. The monoisotopic (exact) mass is 347 g/mol. The first-order valence-electron chi connectivity index (χ1n) is 7.50. The third kappa shape index (κ3) is 4.99. The van der Waals surface area contributed by atoms with E-state index in [-0.39, 0.29) is 0 Å². The van der Waals surface area contributed by atoms with Crippen molar-refractivity contribution in [3.8, 4) is 5.75 Å². The third-order valence-corrected chi connectivity index (χ3v) is 3.38. The van der Waals surface area contributed by atoms with Crippen LogP contribution in [0.25, 0.3) is 0 Å². The van der Waals surface area contributed by atoms with Crippen molar-refractivity contribution in [3.05, 3.63) is 59.1 Å². The van der Waals surface area contributed by atoms with E-state index in [0.717, 1.165) is 5.75 Å². The molecule has 0 saturated carbocycles. The minimum Gasteiger partial charge on any atom is -0.494 e. The molecule has 0 aliphatic heterocycles. The Morgan fingerprint density at radius 3 is 2.50 bits per heavy atom. The van der Waals surface area contributed by atoms with Gasteiger partial charge in [-0.3, -0.25) is 4.79 Å². The maximum atomic E-state index is 12.1. The van der Waals surface area contributed by atoms with Crippen molar-refractivity contribution in [2.45, 2.75) is 20.0 Å². The Kier molecular flexibility index (Phi) is 6.21. The van der Waals surface area contributed by atoms with Crippen molar-refractivity contribution < 1.29 is 19.1 Å². The van der Waals surface area contributed by atoms with Gasteiger partial charge in [0.25, 0.3) is 5.91 Å². The summed E-state index contributed by atoms with van der Waals surface area (Å²) >= 11 is 5.83. The lowest BCUT2D eigenvalue weighted by Crippen LogP contribution is -2.30. The number of carbonyl (C=O) groups is 2. The van der Waals surface area contributed by atoms with Crippen LogP contribution < -0.4 is 10.1 Å². The quantitative estimate of drug-likeness (QED) is 0.804. The van der Waals surface area contributed by atoms with E-state index in [2.05, 4.69) is 5.32 Å². The van der Waals surface area contributed by atoms with Crippen molar-refractivity contribution in [1.82, 2.24) is 0 Å². The van der Waals surface area contributed by atoms with E-state index in [1.807, 2.05) is 6.92 Å². The fourth-order valence-corrected chi connectivity index (χ4v) is 2.13. The highest BCUT2D eigenvalue weighted by Crippen LogP contribution is 2.16. The van der Waals surface area contributed by atoms with E-state index in [1.165, 1.54) is 13.0 Å². The van der Waals surface area contributed by atoms with Gasteiger partial charge in [-0.05, 0) is 56.3 Å². The molecule has 0 bridgehead atoms. The summed E-state index contributed by atoms with van der Waals surface area (Å²) in [6.07, 6.45) is -0.942. The predicted molar refractivity (Wildman–Crippen MR) is 92.6 cm³/mol. The molecule has 5 nitrogen and oxygen atoms in total. The van der Waals surface area contributed by atoms with E-state index in [0.29, 0.717) is 22.9 Å². The van der Waals surface area contributed by atoms with E-state index in [4.69, 9.17) is 21.1 Å². The number of hydrogen-bond acceptors (Lipinski definition) is 4. The van der Waals surface area contributed by atoms with Gasteiger partial charge < -0.3 is 14.8 Å². The molecule has 0 heterocycles. The lowest BCUT2D eigenvalue weighted by Gasteiger charge is -2.14. The van der Waals surface area contributed by atoms with Crippen LogP contribution in [0.4, 0.5) is 5.69 Å². The zero-order valence-electron chi connectivity index (χ0n) is 13.4. The Hall–Kier alpha value is -2.53. The van der Waals surface area contributed by atoms with Gasteiger partial charge in [-0.1, -0.05) is 17.7 Å². The second kappa shape index (κ2) is 8.36. The molecule has 0 saturated heterocycles. The summed E-state index contributed by atoms with van der Waals surface area (Å²) in [5.74, 6) is -0.308. The summed E-state index contributed by atoms with van der Waals surface area (Å²) in [6, 6.07) is 13.3. The minimum atomic E-state index is -0.942. The average Bonchev–Trinajstić information content (AvgIpc) is 2.56. The molecule has 6 heteroatoms. The van der Waals surface area contributed by atoms with Crippen LogP contribution in [0, 0.1) is 0 Å². The van der Waals surface area contributed by atoms with Gasteiger partial charge in [0.2, 0.25) is 0 Å². The maximum Gasteiger partial charge on any atom is 0.338 e. The zero-order chi connectivity index (χ0) is 17.5. The van der Waals surface area contributed by atoms with Gasteiger partial charge in [0.1, 0.15) is 5.75 Å². The predicted octanol–water partition coefficient (Wildman–Crippen LogP) is 3.92. The molecule has 0 fully saturated rings. The Labute approximate surface area is 145 Å². The van der Waals surface area contributed by atoms with Crippen molar-refractivity contribution in [3.63, 3.8) is 0 Å². The van der Waals surface area contributed by atoms with E-state index >= 15 is 0 Å². The summed E-state index contributed by atoms with van der Waals surface area (Å²) in [7, 11) is 0. The topological polar surface area (TPSA) is 64.6 Å². The van der Waals surface area contributed by atoms with Crippen molar-refractivity contribution >= 4 is 29.2 Å². The van der Waals surface area contributed by atoms with Crippen molar-refractivity contribution in [2.75, 3.05) is 11.9 Å². The standard InChI is InChI=1S/C18H18ClNO4/c1-3-23-16-9-7-15(8-10-16)20-17(21)12(2)24-18(22)13-5-4-6-14(19)11-13/h4-12H,3H2,1-2H3,(H,20,21)/t12-/m1/s1. The van der Waals surface area contributed by atoms with Crippen molar-refractivity contribution in [2.24, 2.45) is 0 Å². The van der Waals surface area contributed by atoms with Crippen molar-refractivity contribution in [1.29, 1.82) is 0 Å². The lowest BCUT2D eigenvalue weighted by atomic mass is 10.2. The number of halogens is 1. The maximum absolute atomic E-state index is 12.1. The van der Waals surface area contributed by atoms with Gasteiger partial charge in [0.05, 0.1) is 12.2 Å². The summed E-state index contributed by atoms with van der Waals surface area (Å²) < 4.78 is 10.5. The van der Waals surface area contributed by atoms with Gasteiger partial charge >= 0.3 is 5.97 Å². The van der Waals surface area contributed by atoms with Gasteiger partial charge in [-0.2, -0.15) is 0 Å². The van der Waals surface area contributed by atoms with Gasteiger partial charge in [0.15, 0.2) is 6.10 Å². The summed E-state index contributed by atoms with van der Waals surface area (Å²) in [5.41, 5.74) is 0.886. The second-order valence-corrected chi connectivity index (χ2v) is 5.44. The van der Waals surface area contributed by atoms with E-state index < -0.39 is 18.0 Å². The Balaban J connectivity index is 1.93. The molecule has 2 rings (SSSR count). The molecular weight excluding hydrogens is 330 g/mol. The zero-order valence-corrected chi connectivity index (χ0v) is 14.2. The highest BCUT2D eigenvalue weighted by Gasteiger charge is 2.19. The van der Waals surface area contributed by atoms with E-state index in [9.17, 15) is 9.59 Å². The Bertz CT molecular complexity index is 715. The normalized spacial score (nSPS) is 11.5. The Morgan fingerprint density at radius 1 is 1.17 bits per heavy atom. The van der Waals surface area contributed by atoms with Gasteiger partial charge in [-0.25, -0.2) is 4.79 Å². The molecule has 1 N–H and O–H groups in total. The first-order valence-corrected chi connectivity index (χ1v) is 7.87. The molecule has 0 spiro atoms. The highest BCUT2D eigenvalue weighted by atomic mass is 35.5. The number of carbonyl (C=O) groups excluding carboxylic acids is 2. The molecule has 0 aromatic heterocycles. The fourth-order valence-electron chi connectivity index (χ4n) is 1.94. The molecule has 1 amide bonds. The highest BCUT2D eigenvalue weighted by molar-refractivity contribution is 6.30. The number of anilines is 1. The first-order chi connectivity index (χ1) is 11.5. The fraction of sp³-hybridized carbons (Fsp3) is 0.222. The van der Waals surface area contributed by atoms with Crippen LogP contribution in [0.5, 0.6) is 5.75 Å². The van der Waals surface area contributed by atoms with E-state index in [1.54, 1.807) is 42.5 Å². The number of hydrogen-bond donors (Lipinski definition) is 1. The minimum absolute atomic E-state index is 0.295.